The summed E-state index contributed by atoms with van der Waals surface area (Å²) in [5.74, 6) is -1.42. The molecule has 8 nitrogen and oxygen atoms in total. The van der Waals surface area contributed by atoms with Gasteiger partial charge in [-0.2, -0.15) is 5.10 Å². The average Bonchev–Trinajstić information content (AvgIpc) is 2.69. The number of hydrogen-bond acceptors (Lipinski definition) is 5. The van der Waals surface area contributed by atoms with Crippen molar-refractivity contribution in [2.75, 3.05) is 11.9 Å². The van der Waals surface area contributed by atoms with Gasteiger partial charge in [0.2, 0.25) is 0 Å². The van der Waals surface area contributed by atoms with Crippen LogP contribution < -0.4 is 20.8 Å². The topological polar surface area (TPSA) is 109 Å². The van der Waals surface area contributed by atoms with Gasteiger partial charge in [0.25, 0.3) is 5.91 Å². The van der Waals surface area contributed by atoms with Crippen molar-refractivity contribution < 1.29 is 19.1 Å². The minimum atomic E-state index is -0.846. The summed E-state index contributed by atoms with van der Waals surface area (Å²) in [7, 11) is 0. The molecule has 0 aromatic heterocycles. The molecule has 0 aliphatic heterocycles. The Hall–Kier alpha value is -3.39. The van der Waals surface area contributed by atoms with Gasteiger partial charge in [-0.1, -0.05) is 17.7 Å². The van der Waals surface area contributed by atoms with Crippen molar-refractivity contribution in [1.82, 2.24) is 10.7 Å². The van der Waals surface area contributed by atoms with Crippen LogP contribution in [0.4, 0.5) is 5.69 Å². The van der Waals surface area contributed by atoms with Gasteiger partial charge in [-0.3, -0.25) is 14.4 Å². The first-order valence-electron chi connectivity index (χ1n) is 9.17. The lowest BCUT2D eigenvalue weighted by molar-refractivity contribution is -0.139. The molecule has 0 aliphatic carbocycles. The number of halogens is 1. The molecule has 3 amide bonds. The van der Waals surface area contributed by atoms with E-state index in [0.29, 0.717) is 22.0 Å². The number of carbonyl (C=O) groups excluding carboxylic acids is 3. The zero-order valence-electron chi connectivity index (χ0n) is 16.9. The quantitative estimate of drug-likeness (QED) is 0.356. The molecule has 3 N–H and O–H groups in total. The van der Waals surface area contributed by atoms with Crippen LogP contribution in [0.5, 0.6) is 5.75 Å². The fourth-order valence-electron chi connectivity index (χ4n) is 2.26. The number of aryl methyl sites for hydroxylation is 1. The number of nitrogens with zero attached hydrogens (tertiary/aromatic N) is 1. The van der Waals surface area contributed by atoms with E-state index in [4.69, 9.17) is 16.3 Å². The third kappa shape index (κ3) is 7.56. The largest absolute Gasteiger partial charge is 0.484 e. The molecule has 0 atom stereocenters. The molecule has 0 saturated carbocycles. The molecule has 0 fully saturated rings. The van der Waals surface area contributed by atoms with E-state index < -0.39 is 11.8 Å². The molecule has 0 saturated heterocycles. The van der Waals surface area contributed by atoms with Crippen LogP contribution in [0.1, 0.15) is 25.0 Å². The maximum absolute atomic E-state index is 12.1. The van der Waals surface area contributed by atoms with Gasteiger partial charge in [-0.05, 0) is 68.3 Å². The molecule has 30 heavy (non-hydrogen) atoms. The Bertz CT molecular complexity index is 943. The smallest absolute Gasteiger partial charge is 0.329 e. The van der Waals surface area contributed by atoms with E-state index >= 15 is 0 Å². The maximum Gasteiger partial charge on any atom is 0.329 e. The molecule has 2 aromatic rings. The van der Waals surface area contributed by atoms with E-state index in [-0.39, 0.29) is 18.6 Å². The maximum atomic E-state index is 12.1. The van der Waals surface area contributed by atoms with Gasteiger partial charge in [0, 0.05) is 16.8 Å². The number of nitrogens with one attached hydrogen (secondary N) is 3. The first-order chi connectivity index (χ1) is 14.2. The Morgan fingerprint density at radius 2 is 1.80 bits per heavy atom. The molecule has 0 bridgehead atoms. The van der Waals surface area contributed by atoms with E-state index in [2.05, 4.69) is 21.2 Å². The van der Waals surface area contributed by atoms with Gasteiger partial charge in [0.05, 0.1) is 6.21 Å². The number of rotatable bonds is 7. The highest BCUT2D eigenvalue weighted by Gasteiger charge is 2.12. The summed E-state index contributed by atoms with van der Waals surface area (Å²) >= 11 is 5.94. The van der Waals surface area contributed by atoms with Crippen LogP contribution in [0.3, 0.4) is 0 Å². The highest BCUT2D eigenvalue weighted by molar-refractivity contribution is 6.35. The highest BCUT2D eigenvalue weighted by Crippen LogP contribution is 2.20. The number of benzene rings is 2. The van der Waals surface area contributed by atoms with Crippen LogP contribution in [0.25, 0.3) is 0 Å². The molecule has 0 radical (unpaired) electrons. The average molecular weight is 431 g/mol. The summed E-state index contributed by atoms with van der Waals surface area (Å²) in [5, 5.41) is 9.48. The third-order valence-corrected chi connectivity index (χ3v) is 3.96. The second kappa shape index (κ2) is 11.0. The van der Waals surface area contributed by atoms with E-state index in [1.807, 2.05) is 13.0 Å². The number of hydrogen-bond donors (Lipinski definition) is 3. The lowest BCUT2D eigenvalue weighted by Crippen LogP contribution is -2.41. The summed E-state index contributed by atoms with van der Waals surface area (Å²) in [6.45, 7) is 5.20. The summed E-state index contributed by atoms with van der Waals surface area (Å²) in [6.07, 6.45) is 1.39. The lowest BCUT2D eigenvalue weighted by Gasteiger charge is -2.10. The van der Waals surface area contributed by atoms with Gasteiger partial charge in [0.15, 0.2) is 6.61 Å². The molecule has 2 rings (SSSR count). The van der Waals surface area contributed by atoms with Gasteiger partial charge in [-0.15, -0.1) is 0 Å². The Morgan fingerprint density at radius 1 is 1.10 bits per heavy atom. The van der Waals surface area contributed by atoms with E-state index in [1.165, 1.54) is 6.21 Å². The van der Waals surface area contributed by atoms with Crippen molar-refractivity contribution in [1.29, 1.82) is 0 Å². The number of ether oxygens (including phenoxy) is 1. The van der Waals surface area contributed by atoms with Crippen LogP contribution >= 0.6 is 11.6 Å². The van der Waals surface area contributed by atoms with Crippen LogP contribution in [0.15, 0.2) is 47.6 Å². The second-order valence-corrected chi connectivity index (χ2v) is 7.13. The fourth-order valence-corrected chi connectivity index (χ4v) is 2.43. The molecule has 2 aromatic carbocycles. The van der Waals surface area contributed by atoms with E-state index in [1.54, 1.807) is 50.2 Å². The standard InChI is InChI=1S/C21H23ClN4O4/c1-13(2)24-20(28)21(29)26-23-11-15-5-8-17(9-6-15)30-12-19(27)25-18-10-16(22)7-4-14(18)3/h4-11,13H,12H2,1-3H3,(H,24,28)(H,25,27)(H,26,29)/b23-11-. The minimum absolute atomic E-state index is 0.142. The Morgan fingerprint density at radius 3 is 2.47 bits per heavy atom. The number of hydrazone groups is 1. The van der Waals surface area contributed by atoms with Gasteiger partial charge >= 0.3 is 11.8 Å². The third-order valence-electron chi connectivity index (χ3n) is 3.73. The molecule has 9 heteroatoms. The van der Waals surface area contributed by atoms with Gasteiger partial charge in [0.1, 0.15) is 5.75 Å². The molecule has 158 valence electrons. The van der Waals surface area contributed by atoms with Crippen molar-refractivity contribution in [2.45, 2.75) is 26.8 Å². The summed E-state index contributed by atoms with van der Waals surface area (Å²) in [5.41, 5.74) is 4.34. The highest BCUT2D eigenvalue weighted by atomic mass is 35.5. The van der Waals surface area contributed by atoms with Crippen molar-refractivity contribution in [3.8, 4) is 5.75 Å². The van der Waals surface area contributed by atoms with E-state index in [9.17, 15) is 14.4 Å². The summed E-state index contributed by atoms with van der Waals surface area (Å²) < 4.78 is 5.46. The van der Waals surface area contributed by atoms with Crippen molar-refractivity contribution in [2.24, 2.45) is 5.10 Å². The van der Waals surface area contributed by atoms with Crippen LogP contribution in [0.2, 0.25) is 5.02 Å². The van der Waals surface area contributed by atoms with Crippen molar-refractivity contribution >= 4 is 41.2 Å². The molecule has 0 spiro atoms. The first-order valence-corrected chi connectivity index (χ1v) is 9.55. The molecule has 0 unspecified atom stereocenters. The molecular weight excluding hydrogens is 408 g/mol. The molecule has 0 aliphatic rings. The Kier molecular flexibility index (Phi) is 8.37. The molecule has 0 heterocycles. The van der Waals surface area contributed by atoms with Crippen LogP contribution in [-0.2, 0) is 14.4 Å². The van der Waals surface area contributed by atoms with Crippen LogP contribution in [0, 0.1) is 6.92 Å². The van der Waals surface area contributed by atoms with Crippen LogP contribution in [-0.4, -0.2) is 36.6 Å². The normalized spacial score (nSPS) is 10.7. The zero-order chi connectivity index (χ0) is 22.1. The predicted octanol–water partition coefficient (Wildman–Crippen LogP) is 2.64. The summed E-state index contributed by atoms with van der Waals surface area (Å²) in [4.78, 5) is 35.1. The minimum Gasteiger partial charge on any atom is -0.484 e. The monoisotopic (exact) mass is 430 g/mol. The number of carbonyl (C=O) groups is 3. The predicted molar refractivity (Wildman–Crippen MR) is 116 cm³/mol. The fraction of sp³-hybridized carbons (Fsp3) is 0.238. The number of anilines is 1. The number of amides is 3. The zero-order valence-corrected chi connectivity index (χ0v) is 17.6. The van der Waals surface area contributed by atoms with Crippen molar-refractivity contribution in [3.63, 3.8) is 0 Å². The van der Waals surface area contributed by atoms with Gasteiger partial charge < -0.3 is 15.4 Å². The first kappa shape index (κ1) is 22.9. The SMILES string of the molecule is Cc1ccc(Cl)cc1NC(=O)COc1ccc(/C=N\NC(=O)C(=O)NC(C)C)cc1. The van der Waals surface area contributed by atoms with Crippen molar-refractivity contribution in [3.05, 3.63) is 58.6 Å². The second-order valence-electron chi connectivity index (χ2n) is 6.69. The van der Waals surface area contributed by atoms with E-state index in [0.717, 1.165) is 5.56 Å². The summed E-state index contributed by atoms with van der Waals surface area (Å²) in [6, 6.07) is 11.8. The Balaban J connectivity index is 1.81. The van der Waals surface area contributed by atoms with Gasteiger partial charge in [-0.25, -0.2) is 5.43 Å². The Labute approximate surface area is 179 Å². The molecular formula is C21H23ClN4O4. The lowest BCUT2D eigenvalue weighted by atomic mass is 10.2.